The molecule has 1 nitrogen and oxygen atoms in total. The van der Waals surface area contributed by atoms with Gasteiger partial charge in [-0.25, -0.2) is 0 Å². The van der Waals surface area contributed by atoms with E-state index in [1.54, 1.807) is 0 Å². The van der Waals surface area contributed by atoms with E-state index in [9.17, 15) is 0 Å². The van der Waals surface area contributed by atoms with Crippen molar-refractivity contribution in [2.45, 2.75) is 70.1 Å². The summed E-state index contributed by atoms with van der Waals surface area (Å²) in [4.78, 5) is 2.45. The van der Waals surface area contributed by atoms with Crippen LogP contribution in [-0.4, -0.2) is 0 Å². The van der Waals surface area contributed by atoms with E-state index in [-0.39, 0.29) is 10.8 Å². The van der Waals surface area contributed by atoms with Crippen LogP contribution in [0.5, 0.6) is 0 Å². The molecule has 6 aromatic carbocycles. The number of nitrogens with zero attached hydrogens (tertiary/aromatic N) is 1. The molecule has 2 fully saturated rings. The van der Waals surface area contributed by atoms with E-state index < -0.39 is 0 Å². The number of hydrogen-bond acceptors (Lipinski definition) is 1. The topological polar surface area (TPSA) is 3.24 Å². The van der Waals surface area contributed by atoms with Crippen molar-refractivity contribution in [3.05, 3.63) is 161 Å². The smallest absolute Gasteiger partial charge is 0.0465 e. The number of fused-ring (bicyclic) bond motifs is 8. The van der Waals surface area contributed by atoms with Crippen LogP contribution in [0.2, 0.25) is 0 Å². The molecule has 4 aliphatic carbocycles. The summed E-state index contributed by atoms with van der Waals surface area (Å²) in [6, 6.07) is 50.8. The molecule has 0 N–H and O–H groups in total. The predicted octanol–water partition coefficient (Wildman–Crippen LogP) is 13.3. The number of para-hydroxylation sites is 1. The van der Waals surface area contributed by atoms with Gasteiger partial charge in [-0.05, 0) is 141 Å². The molecule has 50 heavy (non-hydrogen) atoms. The van der Waals surface area contributed by atoms with Gasteiger partial charge in [0.2, 0.25) is 0 Å². The normalized spacial score (nSPS) is 21.4. The Morgan fingerprint density at radius 1 is 0.480 bits per heavy atom. The minimum atomic E-state index is -0.128. The highest BCUT2D eigenvalue weighted by molar-refractivity contribution is 5.95. The fraction of sp³-hybridized carbons (Fsp3) is 0.265. The first-order valence-electron chi connectivity index (χ1n) is 18.8. The molecule has 0 amide bonds. The van der Waals surface area contributed by atoms with Crippen LogP contribution in [0.1, 0.15) is 87.1 Å². The van der Waals surface area contributed by atoms with Gasteiger partial charge in [0.05, 0.1) is 0 Å². The van der Waals surface area contributed by atoms with Gasteiger partial charge in [-0.3, -0.25) is 0 Å². The summed E-state index contributed by atoms with van der Waals surface area (Å²) in [6.07, 6.45) is 5.68. The second-order valence-electron chi connectivity index (χ2n) is 16.6. The minimum absolute atomic E-state index is 0.0260. The molecule has 0 heterocycles. The van der Waals surface area contributed by atoms with Gasteiger partial charge < -0.3 is 4.90 Å². The van der Waals surface area contributed by atoms with Gasteiger partial charge in [0.1, 0.15) is 0 Å². The van der Waals surface area contributed by atoms with Crippen LogP contribution in [0.25, 0.3) is 33.4 Å². The van der Waals surface area contributed by atoms with Crippen molar-refractivity contribution in [3.63, 3.8) is 0 Å². The van der Waals surface area contributed by atoms with Crippen LogP contribution in [0.3, 0.4) is 0 Å². The predicted molar refractivity (Wildman–Crippen MR) is 210 cm³/mol. The summed E-state index contributed by atoms with van der Waals surface area (Å²) >= 11 is 0. The quantitative estimate of drug-likeness (QED) is 0.180. The molecule has 2 bridgehead atoms. The molecule has 4 aliphatic rings. The van der Waals surface area contributed by atoms with E-state index in [0.717, 1.165) is 17.8 Å². The molecular formula is C49H45N. The minimum Gasteiger partial charge on any atom is -0.310 e. The molecular weight excluding hydrogens is 603 g/mol. The van der Waals surface area contributed by atoms with E-state index in [1.807, 2.05) is 0 Å². The van der Waals surface area contributed by atoms with Crippen molar-refractivity contribution in [2.75, 3.05) is 4.90 Å². The molecule has 0 aliphatic heterocycles. The average Bonchev–Trinajstić information content (AvgIpc) is 3.89. The molecule has 2 saturated carbocycles. The van der Waals surface area contributed by atoms with Gasteiger partial charge in [-0.2, -0.15) is 0 Å². The molecule has 0 spiro atoms. The Balaban J connectivity index is 1.06. The third kappa shape index (κ3) is 4.32. The molecule has 3 atom stereocenters. The number of rotatable bonds is 5. The van der Waals surface area contributed by atoms with E-state index >= 15 is 0 Å². The lowest BCUT2D eigenvalue weighted by molar-refractivity contribution is 0.420. The third-order valence-electron chi connectivity index (χ3n) is 13.2. The molecule has 6 aromatic rings. The molecule has 3 unspecified atom stereocenters. The lowest BCUT2D eigenvalue weighted by atomic mass is 9.80. The van der Waals surface area contributed by atoms with E-state index in [2.05, 4.69) is 166 Å². The second kappa shape index (κ2) is 10.8. The molecule has 10 rings (SSSR count). The monoisotopic (exact) mass is 647 g/mol. The van der Waals surface area contributed by atoms with Crippen molar-refractivity contribution >= 4 is 17.1 Å². The van der Waals surface area contributed by atoms with Gasteiger partial charge in [0.15, 0.2) is 0 Å². The molecule has 0 radical (unpaired) electrons. The van der Waals surface area contributed by atoms with Crippen molar-refractivity contribution in [2.24, 2.45) is 11.8 Å². The van der Waals surface area contributed by atoms with Crippen LogP contribution in [0.4, 0.5) is 17.1 Å². The van der Waals surface area contributed by atoms with Crippen LogP contribution in [0.15, 0.2) is 133 Å². The second-order valence-corrected chi connectivity index (χ2v) is 16.6. The first-order valence-corrected chi connectivity index (χ1v) is 18.8. The molecule has 0 aromatic heterocycles. The van der Waals surface area contributed by atoms with E-state index in [0.29, 0.717) is 0 Å². The summed E-state index contributed by atoms with van der Waals surface area (Å²) in [5, 5.41) is 0. The zero-order valence-electron chi connectivity index (χ0n) is 29.7. The van der Waals surface area contributed by atoms with E-state index in [1.165, 1.54) is 104 Å². The van der Waals surface area contributed by atoms with Gasteiger partial charge >= 0.3 is 0 Å². The highest BCUT2D eigenvalue weighted by atomic mass is 15.1. The maximum atomic E-state index is 2.47. The van der Waals surface area contributed by atoms with Gasteiger partial charge in [-0.1, -0.05) is 125 Å². The van der Waals surface area contributed by atoms with Crippen molar-refractivity contribution in [3.8, 4) is 33.4 Å². The van der Waals surface area contributed by atoms with Crippen LogP contribution < -0.4 is 4.90 Å². The van der Waals surface area contributed by atoms with Crippen LogP contribution in [-0.2, 0) is 10.8 Å². The zero-order valence-corrected chi connectivity index (χ0v) is 29.7. The Hall–Kier alpha value is -4.88. The Bertz CT molecular complexity index is 2290. The molecule has 0 saturated heterocycles. The molecule has 246 valence electrons. The van der Waals surface area contributed by atoms with Gasteiger partial charge in [0.25, 0.3) is 0 Å². The average molecular weight is 648 g/mol. The number of anilines is 3. The van der Waals surface area contributed by atoms with Crippen molar-refractivity contribution in [1.82, 2.24) is 0 Å². The SMILES string of the molecule is CC1(C)c2ccccc2-c2ccc(-c3cccc4c3-c3ccc(N(c5ccccc5)c5ccc(C6CC7CCC6C7)cc5)cc3C4(C)C)cc21. The maximum Gasteiger partial charge on any atom is 0.0465 e. The fourth-order valence-corrected chi connectivity index (χ4v) is 10.6. The van der Waals surface area contributed by atoms with Gasteiger partial charge in [0, 0.05) is 27.9 Å². The fourth-order valence-electron chi connectivity index (χ4n) is 10.6. The first kappa shape index (κ1) is 30.0. The summed E-state index contributed by atoms with van der Waals surface area (Å²) in [5.41, 5.74) is 18.8. The standard InChI is InChI=1S/C49H45N/c1-48(2)43-15-9-8-13-39(43)40-25-21-34(29-45(40)48)38-14-10-16-44-47(38)41-26-24-37(30-46(41)49(44,3)4)50(35-11-6-5-7-12-35)36-22-19-32(20-23-36)42-28-31-17-18-33(42)27-31/h5-16,19-26,29-31,33,42H,17-18,27-28H2,1-4H3. The largest absolute Gasteiger partial charge is 0.310 e. The highest BCUT2D eigenvalue weighted by Crippen LogP contribution is 2.56. The summed E-state index contributed by atoms with van der Waals surface area (Å²) < 4.78 is 0. The lowest BCUT2D eigenvalue weighted by Gasteiger charge is -2.29. The number of hydrogen-bond donors (Lipinski definition) is 0. The Kier molecular flexibility index (Phi) is 6.48. The Morgan fingerprint density at radius 3 is 1.90 bits per heavy atom. The third-order valence-corrected chi connectivity index (χ3v) is 13.2. The van der Waals surface area contributed by atoms with Crippen molar-refractivity contribution in [1.29, 1.82) is 0 Å². The molecule has 1 heteroatoms. The van der Waals surface area contributed by atoms with Crippen molar-refractivity contribution < 1.29 is 0 Å². The highest BCUT2D eigenvalue weighted by Gasteiger charge is 2.41. The summed E-state index contributed by atoms with van der Waals surface area (Å²) in [5.74, 6) is 2.59. The first-order chi connectivity index (χ1) is 24.3. The summed E-state index contributed by atoms with van der Waals surface area (Å²) in [7, 11) is 0. The summed E-state index contributed by atoms with van der Waals surface area (Å²) in [6.45, 7) is 9.57. The van der Waals surface area contributed by atoms with Crippen LogP contribution >= 0.6 is 0 Å². The maximum absolute atomic E-state index is 2.47. The number of benzene rings is 6. The van der Waals surface area contributed by atoms with Crippen LogP contribution in [0, 0.1) is 11.8 Å². The Labute approximate surface area is 297 Å². The van der Waals surface area contributed by atoms with E-state index in [4.69, 9.17) is 0 Å². The lowest BCUT2D eigenvalue weighted by Crippen LogP contribution is -2.16. The zero-order chi connectivity index (χ0) is 33.8. The van der Waals surface area contributed by atoms with Gasteiger partial charge in [-0.15, -0.1) is 0 Å². The Morgan fingerprint density at radius 2 is 1.12 bits per heavy atom.